The largest absolute Gasteiger partial charge is 0.365 e. The average molecular weight is 333 g/mol. The van der Waals surface area contributed by atoms with Gasteiger partial charge in [0.15, 0.2) is 11.6 Å². The monoisotopic (exact) mass is 333 g/mol. The Balaban J connectivity index is 1.70. The number of ketones is 1. The molecule has 0 radical (unpaired) electrons. The highest BCUT2D eigenvalue weighted by Gasteiger charge is 2.05. The number of nitrogens with zero attached hydrogens (tertiary/aromatic N) is 3. The predicted octanol–water partition coefficient (Wildman–Crippen LogP) is 3.74. The van der Waals surface area contributed by atoms with Crippen LogP contribution in [0.4, 0.5) is 17.5 Å². The lowest BCUT2D eigenvalue weighted by Crippen LogP contribution is -2.06. The fourth-order valence-electron chi connectivity index (χ4n) is 2.38. The van der Waals surface area contributed by atoms with Gasteiger partial charge in [-0.15, -0.1) is 5.10 Å². The summed E-state index contributed by atoms with van der Waals surface area (Å²) in [6.45, 7) is 4.27. The Hall–Kier alpha value is -3.28. The van der Waals surface area contributed by atoms with Gasteiger partial charge in [0.05, 0.1) is 6.20 Å². The van der Waals surface area contributed by atoms with Crippen LogP contribution in [-0.2, 0) is 6.54 Å². The van der Waals surface area contributed by atoms with Gasteiger partial charge in [0.1, 0.15) is 0 Å². The Morgan fingerprint density at radius 3 is 2.76 bits per heavy atom. The Bertz CT molecular complexity index is 894. The third-order valence-corrected chi connectivity index (χ3v) is 3.81. The van der Waals surface area contributed by atoms with Gasteiger partial charge in [-0.25, -0.2) is 0 Å². The van der Waals surface area contributed by atoms with Gasteiger partial charge in [0.25, 0.3) is 0 Å². The van der Waals surface area contributed by atoms with Crippen LogP contribution >= 0.6 is 0 Å². The fourth-order valence-corrected chi connectivity index (χ4v) is 2.38. The van der Waals surface area contributed by atoms with E-state index in [1.165, 1.54) is 18.1 Å². The van der Waals surface area contributed by atoms with Crippen LogP contribution in [0.15, 0.2) is 54.7 Å². The van der Waals surface area contributed by atoms with Gasteiger partial charge in [0.2, 0.25) is 5.95 Å². The van der Waals surface area contributed by atoms with Gasteiger partial charge in [0, 0.05) is 17.8 Å². The summed E-state index contributed by atoms with van der Waals surface area (Å²) in [5.41, 5.74) is 3.79. The van der Waals surface area contributed by atoms with E-state index >= 15 is 0 Å². The number of carbonyl (C=O) groups excluding carboxylic acids is 1. The van der Waals surface area contributed by atoms with Crippen LogP contribution in [0.25, 0.3) is 0 Å². The van der Waals surface area contributed by atoms with E-state index in [4.69, 9.17) is 0 Å². The van der Waals surface area contributed by atoms with Crippen LogP contribution in [0.1, 0.15) is 28.4 Å². The van der Waals surface area contributed by atoms with Gasteiger partial charge >= 0.3 is 0 Å². The van der Waals surface area contributed by atoms with E-state index < -0.39 is 0 Å². The van der Waals surface area contributed by atoms with E-state index in [1.807, 2.05) is 24.3 Å². The molecular formula is C19H19N5O. The molecule has 0 saturated carbocycles. The van der Waals surface area contributed by atoms with Crippen molar-refractivity contribution in [3.05, 3.63) is 71.4 Å². The second-order valence-electron chi connectivity index (χ2n) is 5.71. The Kier molecular flexibility index (Phi) is 4.99. The average Bonchev–Trinajstić information content (AvgIpc) is 2.61. The number of rotatable bonds is 6. The molecule has 0 spiro atoms. The minimum absolute atomic E-state index is 0.0105. The van der Waals surface area contributed by atoms with Gasteiger partial charge in [-0.3, -0.25) is 4.79 Å². The molecule has 0 unspecified atom stereocenters. The zero-order chi connectivity index (χ0) is 17.6. The first kappa shape index (κ1) is 16.6. The number of aromatic nitrogens is 3. The maximum absolute atomic E-state index is 11.5. The summed E-state index contributed by atoms with van der Waals surface area (Å²) in [6, 6.07) is 15.4. The molecule has 1 heterocycles. The Morgan fingerprint density at radius 1 is 1.12 bits per heavy atom. The van der Waals surface area contributed by atoms with Gasteiger partial charge < -0.3 is 10.6 Å². The summed E-state index contributed by atoms with van der Waals surface area (Å²) in [5.74, 6) is 1.01. The summed E-state index contributed by atoms with van der Waals surface area (Å²) in [6.07, 6.45) is 1.58. The normalized spacial score (nSPS) is 10.3. The van der Waals surface area contributed by atoms with Gasteiger partial charge in [-0.05, 0) is 37.1 Å². The minimum atomic E-state index is 0.0105. The second kappa shape index (κ2) is 7.53. The third kappa shape index (κ3) is 4.38. The molecule has 0 fully saturated rings. The minimum Gasteiger partial charge on any atom is -0.365 e. The maximum Gasteiger partial charge on any atom is 0.249 e. The second-order valence-corrected chi connectivity index (χ2v) is 5.71. The maximum atomic E-state index is 11.5. The number of Topliss-reactive ketones (excluding diaryl/α,β-unsaturated/α-hetero) is 1. The summed E-state index contributed by atoms with van der Waals surface area (Å²) >= 11 is 0. The first-order valence-electron chi connectivity index (χ1n) is 7.98. The van der Waals surface area contributed by atoms with E-state index in [0.717, 1.165) is 5.69 Å². The fraction of sp³-hybridized carbons (Fsp3) is 0.158. The molecule has 0 aliphatic heterocycles. The van der Waals surface area contributed by atoms with E-state index in [9.17, 15) is 4.79 Å². The predicted molar refractivity (Wildman–Crippen MR) is 98.1 cm³/mol. The summed E-state index contributed by atoms with van der Waals surface area (Å²) < 4.78 is 0. The zero-order valence-electron chi connectivity index (χ0n) is 14.2. The smallest absolute Gasteiger partial charge is 0.249 e. The Morgan fingerprint density at radius 2 is 1.96 bits per heavy atom. The van der Waals surface area contributed by atoms with Crippen molar-refractivity contribution in [2.24, 2.45) is 0 Å². The Labute approximate surface area is 146 Å². The van der Waals surface area contributed by atoms with Crippen molar-refractivity contribution in [2.45, 2.75) is 20.4 Å². The van der Waals surface area contributed by atoms with Crippen molar-refractivity contribution in [3.8, 4) is 0 Å². The van der Waals surface area contributed by atoms with E-state index in [0.29, 0.717) is 23.9 Å². The molecule has 2 aromatic carbocycles. The van der Waals surface area contributed by atoms with Gasteiger partial charge in [-0.2, -0.15) is 10.1 Å². The molecular weight excluding hydrogens is 314 g/mol. The number of aryl methyl sites for hydroxylation is 1. The number of hydrogen-bond donors (Lipinski definition) is 2. The number of benzene rings is 2. The first-order valence-corrected chi connectivity index (χ1v) is 7.98. The lowest BCUT2D eigenvalue weighted by molar-refractivity contribution is 0.101. The van der Waals surface area contributed by atoms with Crippen LogP contribution in [0, 0.1) is 6.92 Å². The summed E-state index contributed by atoms with van der Waals surface area (Å²) in [4.78, 5) is 15.9. The highest BCUT2D eigenvalue weighted by Crippen LogP contribution is 2.16. The quantitative estimate of drug-likeness (QED) is 0.669. The molecule has 3 rings (SSSR count). The number of carbonyl (C=O) groups is 1. The van der Waals surface area contributed by atoms with Crippen molar-refractivity contribution < 1.29 is 4.79 Å². The molecule has 3 aromatic rings. The number of nitrogens with one attached hydrogen (secondary N) is 2. The topological polar surface area (TPSA) is 79.8 Å². The number of hydrogen-bond acceptors (Lipinski definition) is 6. The summed E-state index contributed by atoms with van der Waals surface area (Å²) in [7, 11) is 0. The molecule has 0 amide bonds. The molecule has 6 heteroatoms. The molecule has 126 valence electrons. The molecule has 1 aromatic heterocycles. The lowest BCUT2D eigenvalue weighted by Gasteiger charge is -2.09. The van der Waals surface area contributed by atoms with Crippen LogP contribution < -0.4 is 10.6 Å². The molecule has 0 aliphatic carbocycles. The molecule has 0 aliphatic rings. The van der Waals surface area contributed by atoms with E-state index in [2.05, 4.69) is 44.9 Å². The van der Waals surface area contributed by atoms with Crippen molar-refractivity contribution >= 4 is 23.2 Å². The SMILES string of the molecule is CC(=O)c1cccc(Nc2nncc(NCc3ccccc3C)n2)c1. The van der Waals surface area contributed by atoms with Crippen molar-refractivity contribution in [1.82, 2.24) is 15.2 Å². The van der Waals surface area contributed by atoms with Crippen LogP contribution in [0.5, 0.6) is 0 Å². The van der Waals surface area contributed by atoms with Crippen molar-refractivity contribution in [1.29, 1.82) is 0 Å². The van der Waals surface area contributed by atoms with E-state index in [-0.39, 0.29) is 5.78 Å². The molecule has 6 nitrogen and oxygen atoms in total. The molecule has 0 bridgehead atoms. The van der Waals surface area contributed by atoms with Crippen LogP contribution in [0.3, 0.4) is 0 Å². The summed E-state index contributed by atoms with van der Waals surface area (Å²) in [5, 5.41) is 14.3. The standard InChI is InChI=1S/C19H19N5O/c1-13-6-3-4-7-16(13)11-20-18-12-21-24-19(23-18)22-17-9-5-8-15(10-17)14(2)25/h3-10,12H,11H2,1-2H3,(H2,20,22,23,24). The van der Waals surface area contributed by atoms with Crippen molar-refractivity contribution in [2.75, 3.05) is 10.6 Å². The molecule has 25 heavy (non-hydrogen) atoms. The molecule has 0 saturated heterocycles. The van der Waals surface area contributed by atoms with Crippen LogP contribution in [0.2, 0.25) is 0 Å². The van der Waals surface area contributed by atoms with Crippen molar-refractivity contribution in [3.63, 3.8) is 0 Å². The lowest BCUT2D eigenvalue weighted by atomic mass is 10.1. The first-order chi connectivity index (χ1) is 12.1. The molecule has 0 atom stereocenters. The molecule has 2 N–H and O–H groups in total. The highest BCUT2D eigenvalue weighted by molar-refractivity contribution is 5.95. The van der Waals surface area contributed by atoms with Gasteiger partial charge in [-0.1, -0.05) is 36.4 Å². The van der Waals surface area contributed by atoms with E-state index in [1.54, 1.807) is 18.3 Å². The van der Waals surface area contributed by atoms with Crippen LogP contribution in [-0.4, -0.2) is 21.0 Å². The zero-order valence-corrected chi connectivity index (χ0v) is 14.2. The third-order valence-electron chi connectivity index (χ3n) is 3.81. The number of anilines is 3. The highest BCUT2D eigenvalue weighted by atomic mass is 16.1.